The largest absolute Gasteiger partial charge is 0.489 e. The SMILES string of the molecule is COC(=O)/C=C/COc1ccc2ccccc2c1CC(N)CO. The van der Waals surface area contributed by atoms with Gasteiger partial charge in [-0.05, 0) is 29.3 Å². The van der Waals surface area contributed by atoms with Crippen molar-refractivity contribution in [2.75, 3.05) is 20.3 Å². The predicted molar refractivity (Wildman–Crippen MR) is 89.4 cm³/mol. The summed E-state index contributed by atoms with van der Waals surface area (Å²) in [6.45, 7) is 0.152. The summed E-state index contributed by atoms with van der Waals surface area (Å²) in [6.07, 6.45) is 3.42. The standard InChI is InChI=1S/C18H21NO4/c1-22-18(21)7-4-10-23-17-9-8-13-5-2-3-6-15(13)16(17)11-14(19)12-20/h2-9,14,20H,10-12,19H2,1H3/b7-4+. The third-order valence-corrected chi connectivity index (χ3v) is 3.49. The van der Waals surface area contributed by atoms with Gasteiger partial charge in [0.05, 0.1) is 13.7 Å². The highest BCUT2D eigenvalue weighted by Gasteiger charge is 2.12. The number of ether oxygens (including phenoxy) is 2. The quantitative estimate of drug-likeness (QED) is 0.601. The fourth-order valence-electron chi connectivity index (χ4n) is 2.34. The molecule has 5 heteroatoms. The average Bonchev–Trinajstić information content (AvgIpc) is 2.59. The Bertz CT molecular complexity index is 696. The maximum absolute atomic E-state index is 11.0. The van der Waals surface area contributed by atoms with Gasteiger partial charge in [0.1, 0.15) is 12.4 Å². The smallest absolute Gasteiger partial charge is 0.330 e. The lowest BCUT2D eigenvalue weighted by Gasteiger charge is -2.16. The van der Waals surface area contributed by atoms with E-state index in [1.807, 2.05) is 36.4 Å². The van der Waals surface area contributed by atoms with E-state index in [0.29, 0.717) is 12.2 Å². The highest BCUT2D eigenvalue weighted by Crippen LogP contribution is 2.29. The molecule has 0 heterocycles. The van der Waals surface area contributed by atoms with Crippen molar-refractivity contribution in [2.24, 2.45) is 5.73 Å². The maximum atomic E-state index is 11.0. The molecule has 0 aromatic heterocycles. The molecule has 0 aliphatic rings. The molecule has 1 unspecified atom stereocenters. The Morgan fingerprint density at radius 3 is 2.83 bits per heavy atom. The topological polar surface area (TPSA) is 81.8 Å². The highest BCUT2D eigenvalue weighted by molar-refractivity contribution is 5.88. The second-order valence-corrected chi connectivity index (χ2v) is 5.15. The summed E-state index contributed by atoms with van der Waals surface area (Å²) in [5.41, 5.74) is 6.85. The molecule has 2 aromatic rings. The van der Waals surface area contributed by atoms with Crippen molar-refractivity contribution in [3.8, 4) is 5.75 Å². The van der Waals surface area contributed by atoms with Crippen molar-refractivity contribution in [2.45, 2.75) is 12.5 Å². The van der Waals surface area contributed by atoms with Crippen molar-refractivity contribution in [3.63, 3.8) is 0 Å². The fourth-order valence-corrected chi connectivity index (χ4v) is 2.34. The molecular weight excluding hydrogens is 294 g/mol. The minimum Gasteiger partial charge on any atom is -0.489 e. The van der Waals surface area contributed by atoms with E-state index in [2.05, 4.69) is 4.74 Å². The fraction of sp³-hybridized carbons (Fsp3) is 0.278. The zero-order valence-corrected chi connectivity index (χ0v) is 13.1. The first-order valence-electron chi connectivity index (χ1n) is 7.40. The van der Waals surface area contributed by atoms with Crippen LogP contribution in [-0.2, 0) is 16.0 Å². The Morgan fingerprint density at radius 1 is 1.30 bits per heavy atom. The number of aliphatic hydroxyl groups excluding tert-OH is 1. The molecular formula is C18H21NO4. The lowest BCUT2D eigenvalue weighted by molar-refractivity contribution is -0.134. The molecule has 1 atom stereocenters. The van der Waals surface area contributed by atoms with Crippen molar-refractivity contribution in [1.29, 1.82) is 0 Å². The molecule has 2 aromatic carbocycles. The number of hydrogen-bond donors (Lipinski definition) is 2. The molecule has 0 bridgehead atoms. The van der Waals surface area contributed by atoms with Crippen LogP contribution in [0.3, 0.4) is 0 Å². The molecule has 0 saturated heterocycles. The van der Waals surface area contributed by atoms with E-state index in [0.717, 1.165) is 16.3 Å². The zero-order chi connectivity index (χ0) is 16.7. The molecule has 0 fully saturated rings. The van der Waals surface area contributed by atoms with E-state index >= 15 is 0 Å². The monoisotopic (exact) mass is 315 g/mol. The van der Waals surface area contributed by atoms with Crippen LogP contribution in [0.2, 0.25) is 0 Å². The lowest BCUT2D eigenvalue weighted by Crippen LogP contribution is -2.27. The van der Waals surface area contributed by atoms with Crippen LogP contribution < -0.4 is 10.5 Å². The van der Waals surface area contributed by atoms with Crippen molar-refractivity contribution in [1.82, 2.24) is 0 Å². The molecule has 3 N–H and O–H groups in total. The van der Waals surface area contributed by atoms with Crippen LogP contribution in [0.25, 0.3) is 10.8 Å². The number of rotatable bonds is 7. The van der Waals surface area contributed by atoms with Gasteiger partial charge in [-0.3, -0.25) is 0 Å². The molecule has 5 nitrogen and oxygen atoms in total. The third-order valence-electron chi connectivity index (χ3n) is 3.49. The number of nitrogens with two attached hydrogens (primary N) is 1. The van der Waals surface area contributed by atoms with Gasteiger partial charge in [-0.1, -0.05) is 30.3 Å². The second-order valence-electron chi connectivity index (χ2n) is 5.15. The number of hydrogen-bond acceptors (Lipinski definition) is 5. The van der Waals surface area contributed by atoms with E-state index in [4.69, 9.17) is 10.5 Å². The minimum atomic E-state index is -0.422. The van der Waals surface area contributed by atoms with E-state index in [1.54, 1.807) is 6.08 Å². The summed E-state index contributed by atoms with van der Waals surface area (Å²) in [4.78, 5) is 11.0. The highest BCUT2D eigenvalue weighted by atomic mass is 16.5. The molecule has 23 heavy (non-hydrogen) atoms. The lowest BCUT2D eigenvalue weighted by atomic mass is 9.98. The van der Waals surface area contributed by atoms with E-state index < -0.39 is 5.97 Å². The first-order chi connectivity index (χ1) is 11.2. The number of methoxy groups -OCH3 is 1. The summed E-state index contributed by atoms with van der Waals surface area (Å²) in [5.74, 6) is 0.275. The molecule has 0 radical (unpaired) electrons. The third kappa shape index (κ3) is 4.55. The zero-order valence-electron chi connectivity index (χ0n) is 13.1. The van der Waals surface area contributed by atoms with Crippen LogP contribution in [0, 0.1) is 0 Å². The van der Waals surface area contributed by atoms with Crippen molar-refractivity contribution in [3.05, 3.63) is 54.1 Å². The van der Waals surface area contributed by atoms with Gasteiger partial charge < -0.3 is 20.3 Å². The molecule has 2 rings (SSSR count). The number of carbonyl (C=O) groups is 1. The Kier molecular flexibility index (Phi) is 6.14. The van der Waals surface area contributed by atoms with Gasteiger partial charge in [-0.2, -0.15) is 0 Å². The number of benzene rings is 2. The van der Waals surface area contributed by atoms with Crippen molar-refractivity contribution < 1.29 is 19.4 Å². The van der Waals surface area contributed by atoms with E-state index in [1.165, 1.54) is 13.2 Å². The number of esters is 1. The first-order valence-corrected chi connectivity index (χ1v) is 7.40. The van der Waals surface area contributed by atoms with E-state index in [-0.39, 0.29) is 19.3 Å². The Morgan fingerprint density at radius 2 is 2.09 bits per heavy atom. The molecule has 0 spiro atoms. The Hall–Kier alpha value is -2.37. The van der Waals surface area contributed by atoms with Gasteiger partial charge in [0.2, 0.25) is 0 Å². The number of carbonyl (C=O) groups excluding carboxylic acids is 1. The van der Waals surface area contributed by atoms with Crippen LogP contribution in [-0.4, -0.2) is 37.4 Å². The molecule has 0 aliphatic carbocycles. The maximum Gasteiger partial charge on any atom is 0.330 e. The van der Waals surface area contributed by atoms with Gasteiger partial charge in [-0.15, -0.1) is 0 Å². The Labute approximate surface area is 135 Å². The number of aliphatic hydroxyl groups is 1. The van der Waals surface area contributed by atoms with Gasteiger partial charge in [0.15, 0.2) is 0 Å². The van der Waals surface area contributed by atoms with Crippen LogP contribution in [0.4, 0.5) is 0 Å². The van der Waals surface area contributed by atoms with Gasteiger partial charge >= 0.3 is 5.97 Å². The Balaban J connectivity index is 2.25. The van der Waals surface area contributed by atoms with Crippen LogP contribution in [0.5, 0.6) is 5.75 Å². The van der Waals surface area contributed by atoms with Gasteiger partial charge in [-0.25, -0.2) is 4.79 Å². The minimum absolute atomic E-state index is 0.0924. The molecule has 0 saturated carbocycles. The predicted octanol–water partition coefficient (Wildman–Crippen LogP) is 1.81. The first kappa shape index (κ1) is 17.0. The van der Waals surface area contributed by atoms with Gasteiger partial charge in [0, 0.05) is 17.7 Å². The van der Waals surface area contributed by atoms with Gasteiger partial charge in [0.25, 0.3) is 0 Å². The second kappa shape index (κ2) is 8.31. The molecule has 0 aliphatic heterocycles. The summed E-state index contributed by atoms with van der Waals surface area (Å²) in [5, 5.41) is 11.4. The van der Waals surface area contributed by atoms with Crippen LogP contribution >= 0.6 is 0 Å². The normalized spacial score (nSPS) is 12.5. The van der Waals surface area contributed by atoms with Crippen molar-refractivity contribution >= 4 is 16.7 Å². The van der Waals surface area contributed by atoms with E-state index in [9.17, 15) is 9.90 Å². The van der Waals surface area contributed by atoms with Crippen LogP contribution in [0.15, 0.2) is 48.6 Å². The average molecular weight is 315 g/mol. The summed E-state index contributed by atoms with van der Waals surface area (Å²) in [7, 11) is 1.32. The molecule has 122 valence electrons. The summed E-state index contributed by atoms with van der Waals surface area (Å²) < 4.78 is 10.3. The number of fused-ring (bicyclic) bond motifs is 1. The summed E-state index contributed by atoms with van der Waals surface area (Å²) in [6, 6.07) is 11.5. The van der Waals surface area contributed by atoms with Crippen LogP contribution in [0.1, 0.15) is 5.56 Å². The molecule has 0 amide bonds. The summed E-state index contributed by atoms with van der Waals surface area (Å²) >= 11 is 0.